The predicted octanol–water partition coefficient (Wildman–Crippen LogP) is 7.79. The lowest BCUT2D eigenvalue weighted by Gasteiger charge is -2.15. The average Bonchev–Trinajstić information content (AvgIpc) is 2.92. The van der Waals surface area contributed by atoms with E-state index in [9.17, 15) is 0 Å². The fourth-order valence-electron chi connectivity index (χ4n) is 4.44. The van der Waals surface area contributed by atoms with Crippen LogP contribution in [0.15, 0.2) is 115 Å². The first-order valence-electron chi connectivity index (χ1n) is 11.3. The number of benzene rings is 5. The average molecular weight is 439 g/mol. The van der Waals surface area contributed by atoms with Gasteiger partial charge in [0.1, 0.15) is 5.75 Å². The van der Waals surface area contributed by atoms with Crippen molar-refractivity contribution in [2.45, 2.75) is 0 Å². The fourth-order valence-corrected chi connectivity index (χ4v) is 4.44. The Kier molecular flexibility index (Phi) is 5.00. The van der Waals surface area contributed by atoms with E-state index in [2.05, 4.69) is 60.7 Å². The van der Waals surface area contributed by atoms with Crippen LogP contribution in [0.4, 0.5) is 0 Å². The highest BCUT2D eigenvalue weighted by Crippen LogP contribution is 2.38. The van der Waals surface area contributed by atoms with E-state index >= 15 is 0 Å². The molecule has 0 spiro atoms. The Morgan fingerprint density at radius 3 is 1.91 bits per heavy atom. The van der Waals surface area contributed by atoms with Crippen LogP contribution in [0.25, 0.3) is 55.4 Å². The van der Waals surface area contributed by atoms with Gasteiger partial charge < -0.3 is 4.74 Å². The maximum absolute atomic E-state index is 5.36. The molecule has 0 atom stereocenters. The minimum Gasteiger partial charge on any atom is -0.497 e. The fraction of sp³-hybridized carbons (Fsp3) is 0.0323. The van der Waals surface area contributed by atoms with Crippen LogP contribution in [0.5, 0.6) is 5.75 Å². The van der Waals surface area contributed by atoms with Crippen molar-refractivity contribution >= 4 is 21.8 Å². The molecule has 0 saturated heterocycles. The first-order valence-corrected chi connectivity index (χ1v) is 11.3. The van der Waals surface area contributed by atoms with Gasteiger partial charge in [0.25, 0.3) is 0 Å². The number of nitrogens with zero attached hydrogens (tertiary/aromatic N) is 2. The van der Waals surface area contributed by atoms with Crippen LogP contribution in [-0.4, -0.2) is 17.1 Å². The predicted molar refractivity (Wildman–Crippen MR) is 140 cm³/mol. The summed E-state index contributed by atoms with van der Waals surface area (Å²) in [7, 11) is 1.69. The normalized spacial score (nSPS) is 11.1. The summed E-state index contributed by atoms with van der Waals surface area (Å²) in [5.41, 5.74) is 7.92. The van der Waals surface area contributed by atoms with Crippen LogP contribution < -0.4 is 4.74 Å². The van der Waals surface area contributed by atoms with Crippen molar-refractivity contribution in [3.8, 4) is 39.4 Å². The maximum Gasteiger partial charge on any atom is 0.118 e. The van der Waals surface area contributed by atoms with E-state index in [1.54, 1.807) is 7.11 Å². The molecule has 3 heteroatoms. The number of fused-ring (bicyclic) bond motifs is 2. The second kappa shape index (κ2) is 8.45. The third kappa shape index (κ3) is 3.57. The zero-order valence-electron chi connectivity index (χ0n) is 18.8. The van der Waals surface area contributed by atoms with Gasteiger partial charge in [-0.05, 0) is 58.3 Å². The van der Waals surface area contributed by atoms with Gasteiger partial charge in [0.15, 0.2) is 0 Å². The Bertz CT molecular complexity index is 1620. The molecule has 6 rings (SSSR count). The molecule has 0 fully saturated rings. The van der Waals surface area contributed by atoms with Crippen LogP contribution in [0.2, 0.25) is 0 Å². The van der Waals surface area contributed by atoms with E-state index in [1.807, 2.05) is 54.6 Å². The van der Waals surface area contributed by atoms with Gasteiger partial charge in [-0.25, -0.2) is 9.97 Å². The van der Waals surface area contributed by atoms with Crippen LogP contribution in [0.1, 0.15) is 0 Å². The van der Waals surface area contributed by atoms with Crippen molar-refractivity contribution in [2.24, 2.45) is 0 Å². The minimum atomic E-state index is 0.844. The first kappa shape index (κ1) is 20.1. The molecule has 0 aliphatic rings. The summed E-state index contributed by atoms with van der Waals surface area (Å²) >= 11 is 0. The number of ether oxygens (including phenoxy) is 1. The van der Waals surface area contributed by atoms with E-state index in [4.69, 9.17) is 14.7 Å². The van der Waals surface area contributed by atoms with Gasteiger partial charge in [-0.3, -0.25) is 0 Å². The molecule has 3 nitrogen and oxygen atoms in total. The molecule has 0 N–H and O–H groups in total. The van der Waals surface area contributed by atoms with E-state index in [0.717, 1.165) is 55.8 Å². The quantitative estimate of drug-likeness (QED) is 0.282. The van der Waals surface area contributed by atoms with Crippen LogP contribution in [-0.2, 0) is 0 Å². The van der Waals surface area contributed by atoms with Crippen LogP contribution in [0.3, 0.4) is 0 Å². The molecule has 5 aromatic carbocycles. The van der Waals surface area contributed by atoms with E-state index < -0.39 is 0 Å². The standard InChI is InChI=1S/C31H22N2O/c1-34-25-17-15-21(16-18-25)24-19-23-11-5-6-12-26(23)27(20-24)31-30(22-9-3-2-4-10-22)32-28-13-7-8-14-29(28)33-31/h2-20H,1H3. The molecule has 0 unspecified atom stereocenters. The zero-order chi connectivity index (χ0) is 22.9. The molecule has 162 valence electrons. The molecule has 0 aliphatic carbocycles. The van der Waals surface area contributed by atoms with Crippen LogP contribution >= 0.6 is 0 Å². The van der Waals surface area contributed by atoms with Crippen molar-refractivity contribution in [1.82, 2.24) is 9.97 Å². The highest BCUT2D eigenvalue weighted by molar-refractivity contribution is 6.02. The van der Waals surface area contributed by atoms with Gasteiger partial charge in [0.2, 0.25) is 0 Å². The summed E-state index contributed by atoms with van der Waals surface area (Å²) in [6.07, 6.45) is 0. The molecule has 0 aliphatic heterocycles. The Hall–Kier alpha value is -4.50. The molecule has 1 heterocycles. The Balaban J connectivity index is 1.66. The lowest BCUT2D eigenvalue weighted by atomic mass is 9.93. The molecular weight excluding hydrogens is 416 g/mol. The summed E-state index contributed by atoms with van der Waals surface area (Å²) in [5, 5.41) is 2.32. The number of aromatic nitrogens is 2. The number of para-hydroxylation sites is 2. The van der Waals surface area contributed by atoms with Gasteiger partial charge in [-0.15, -0.1) is 0 Å². The number of methoxy groups -OCH3 is 1. The Labute approximate surface area is 198 Å². The lowest BCUT2D eigenvalue weighted by molar-refractivity contribution is 0.415. The van der Waals surface area contributed by atoms with Crippen LogP contribution in [0, 0.1) is 0 Å². The van der Waals surface area contributed by atoms with Crippen molar-refractivity contribution in [2.75, 3.05) is 7.11 Å². The molecule has 0 bridgehead atoms. The number of rotatable bonds is 4. The third-order valence-electron chi connectivity index (χ3n) is 6.16. The molecule has 1 aromatic heterocycles. The van der Waals surface area contributed by atoms with Crippen molar-refractivity contribution in [3.63, 3.8) is 0 Å². The molecule has 0 amide bonds. The maximum atomic E-state index is 5.36. The summed E-state index contributed by atoms with van der Waals surface area (Å²) in [4.78, 5) is 10.2. The van der Waals surface area contributed by atoms with Crippen molar-refractivity contribution in [3.05, 3.63) is 115 Å². The SMILES string of the molecule is COc1ccc(-c2cc(-c3nc4ccccc4nc3-c3ccccc3)c3ccccc3c2)cc1. The molecule has 34 heavy (non-hydrogen) atoms. The highest BCUT2D eigenvalue weighted by atomic mass is 16.5. The number of hydrogen-bond acceptors (Lipinski definition) is 3. The molecule has 0 saturated carbocycles. The second-order valence-electron chi connectivity index (χ2n) is 8.25. The number of hydrogen-bond donors (Lipinski definition) is 0. The van der Waals surface area contributed by atoms with E-state index in [0.29, 0.717) is 0 Å². The van der Waals surface area contributed by atoms with Gasteiger partial charge >= 0.3 is 0 Å². The van der Waals surface area contributed by atoms with Crippen molar-refractivity contribution < 1.29 is 4.74 Å². The summed E-state index contributed by atoms with van der Waals surface area (Å²) in [5.74, 6) is 0.844. The molecule has 6 aromatic rings. The third-order valence-corrected chi connectivity index (χ3v) is 6.16. The Morgan fingerprint density at radius 2 is 1.18 bits per heavy atom. The summed E-state index contributed by atoms with van der Waals surface area (Å²) < 4.78 is 5.36. The van der Waals surface area contributed by atoms with Gasteiger partial charge in [0.05, 0.1) is 29.5 Å². The lowest BCUT2D eigenvalue weighted by Crippen LogP contribution is -1.96. The Morgan fingerprint density at radius 1 is 0.529 bits per heavy atom. The zero-order valence-corrected chi connectivity index (χ0v) is 18.8. The summed E-state index contributed by atoms with van der Waals surface area (Å²) in [6.45, 7) is 0. The van der Waals surface area contributed by atoms with Crippen molar-refractivity contribution in [1.29, 1.82) is 0 Å². The summed E-state index contributed by atoms with van der Waals surface area (Å²) in [6, 6.07) is 39.5. The van der Waals surface area contributed by atoms with E-state index in [1.165, 1.54) is 5.39 Å². The highest BCUT2D eigenvalue weighted by Gasteiger charge is 2.17. The molecular formula is C31H22N2O. The first-order chi connectivity index (χ1) is 16.8. The van der Waals surface area contributed by atoms with Gasteiger partial charge in [-0.2, -0.15) is 0 Å². The van der Waals surface area contributed by atoms with Gasteiger partial charge in [-0.1, -0.05) is 78.9 Å². The van der Waals surface area contributed by atoms with E-state index in [-0.39, 0.29) is 0 Å². The van der Waals surface area contributed by atoms with Gasteiger partial charge in [0, 0.05) is 11.1 Å². The topological polar surface area (TPSA) is 35.0 Å². The minimum absolute atomic E-state index is 0.844. The largest absolute Gasteiger partial charge is 0.497 e. The monoisotopic (exact) mass is 438 g/mol. The smallest absolute Gasteiger partial charge is 0.118 e. The second-order valence-corrected chi connectivity index (χ2v) is 8.25. The molecule has 0 radical (unpaired) electrons.